The molecule has 0 spiro atoms. The maximum Gasteiger partial charge on any atom is 0.0917 e. The molecule has 4 heteroatoms. The van der Waals surface area contributed by atoms with Crippen molar-refractivity contribution >= 4 is 11.6 Å². The van der Waals surface area contributed by atoms with Gasteiger partial charge in [-0.15, -0.1) is 0 Å². The van der Waals surface area contributed by atoms with Crippen LogP contribution >= 0.6 is 11.6 Å². The molecule has 106 valence electrons. The Hall–Kier alpha value is -0.610. The minimum absolute atomic E-state index is 0.220. The number of aliphatic hydroxyl groups excluding tert-OH is 2. The summed E-state index contributed by atoms with van der Waals surface area (Å²) in [6, 6.07) is 7.76. The van der Waals surface area contributed by atoms with E-state index in [4.69, 9.17) is 16.7 Å². The summed E-state index contributed by atoms with van der Waals surface area (Å²) < 4.78 is 0. The number of β-amino-alcohol motifs (C(OH)–C–C–N with tert-alkyl or cyclic N) is 1. The summed E-state index contributed by atoms with van der Waals surface area (Å²) in [5, 5.41) is 20.1. The second-order valence-electron chi connectivity index (χ2n) is 5.22. The largest absolute Gasteiger partial charge is 0.396 e. The molecule has 1 aliphatic rings. The highest BCUT2D eigenvalue weighted by molar-refractivity contribution is 6.30. The molecule has 1 aliphatic heterocycles. The lowest BCUT2D eigenvalue weighted by Crippen LogP contribution is -2.42. The summed E-state index contributed by atoms with van der Waals surface area (Å²) in [5.74, 6) is 0. The van der Waals surface area contributed by atoms with Crippen molar-refractivity contribution < 1.29 is 10.2 Å². The van der Waals surface area contributed by atoms with E-state index in [0.717, 1.165) is 24.9 Å². The summed E-state index contributed by atoms with van der Waals surface area (Å²) in [6.07, 6.45) is 3.82. The number of hydrogen-bond acceptors (Lipinski definition) is 3. The average molecular weight is 284 g/mol. The van der Waals surface area contributed by atoms with Gasteiger partial charge in [0.05, 0.1) is 6.10 Å². The van der Waals surface area contributed by atoms with Gasteiger partial charge in [-0.05, 0) is 43.5 Å². The Kier molecular flexibility index (Phi) is 5.64. The first kappa shape index (κ1) is 14.8. The maximum absolute atomic E-state index is 10.3. The van der Waals surface area contributed by atoms with Crippen LogP contribution in [-0.2, 0) is 0 Å². The van der Waals surface area contributed by atoms with Crippen molar-refractivity contribution in [3.63, 3.8) is 0 Å². The van der Waals surface area contributed by atoms with Crippen LogP contribution in [0.2, 0.25) is 5.02 Å². The molecule has 1 aromatic carbocycles. The summed E-state index contributed by atoms with van der Waals surface area (Å²) in [4.78, 5) is 2.30. The van der Waals surface area contributed by atoms with E-state index >= 15 is 0 Å². The van der Waals surface area contributed by atoms with Crippen LogP contribution in [-0.4, -0.2) is 40.9 Å². The molecule has 0 bridgehead atoms. The van der Waals surface area contributed by atoms with E-state index < -0.39 is 6.10 Å². The highest BCUT2D eigenvalue weighted by Gasteiger charge is 2.24. The van der Waals surface area contributed by atoms with Crippen molar-refractivity contribution in [2.24, 2.45) is 0 Å². The molecule has 1 heterocycles. The Labute approximate surface area is 119 Å². The fraction of sp³-hybridized carbons (Fsp3) is 0.600. The predicted octanol–water partition coefficient (Wildman–Crippen LogP) is 2.61. The van der Waals surface area contributed by atoms with Crippen molar-refractivity contribution in [3.8, 4) is 0 Å². The number of halogens is 1. The van der Waals surface area contributed by atoms with E-state index in [9.17, 15) is 5.11 Å². The maximum atomic E-state index is 10.3. The Balaban J connectivity index is 1.96. The van der Waals surface area contributed by atoms with E-state index in [1.165, 1.54) is 12.8 Å². The van der Waals surface area contributed by atoms with Crippen LogP contribution in [0.5, 0.6) is 0 Å². The molecule has 2 N–H and O–H groups in total. The molecular formula is C15H22ClNO2. The van der Waals surface area contributed by atoms with Crippen LogP contribution in [0.3, 0.4) is 0 Å². The third-order valence-electron chi connectivity index (χ3n) is 3.87. The highest BCUT2D eigenvalue weighted by atomic mass is 35.5. The first-order chi connectivity index (χ1) is 9.20. The molecule has 0 saturated carbocycles. The molecule has 0 unspecified atom stereocenters. The fourth-order valence-corrected chi connectivity index (χ4v) is 2.91. The van der Waals surface area contributed by atoms with Crippen molar-refractivity contribution in [2.45, 2.75) is 37.8 Å². The average Bonchev–Trinajstić information content (AvgIpc) is 2.42. The number of nitrogens with zero attached hydrogens (tertiary/aromatic N) is 1. The van der Waals surface area contributed by atoms with Gasteiger partial charge in [-0.25, -0.2) is 0 Å². The van der Waals surface area contributed by atoms with Crippen LogP contribution in [0.4, 0.5) is 0 Å². The van der Waals surface area contributed by atoms with Gasteiger partial charge in [-0.3, -0.25) is 4.90 Å². The summed E-state index contributed by atoms with van der Waals surface area (Å²) in [5.41, 5.74) is 0.901. The molecule has 0 aliphatic carbocycles. The lowest BCUT2D eigenvalue weighted by Gasteiger charge is -2.36. The normalized spacial score (nSPS) is 22.4. The SMILES string of the molecule is OCC[C@H]1CCCCN1C[C@H](O)c1ccc(Cl)cc1. The molecule has 3 nitrogen and oxygen atoms in total. The van der Waals surface area contributed by atoms with Gasteiger partial charge in [-0.1, -0.05) is 30.2 Å². The van der Waals surface area contributed by atoms with E-state index in [0.29, 0.717) is 17.6 Å². The lowest BCUT2D eigenvalue weighted by molar-refractivity contribution is 0.0565. The van der Waals surface area contributed by atoms with Gasteiger partial charge in [0.1, 0.15) is 0 Å². The van der Waals surface area contributed by atoms with E-state index in [-0.39, 0.29) is 6.61 Å². The molecule has 0 aromatic heterocycles. The topological polar surface area (TPSA) is 43.7 Å². The highest BCUT2D eigenvalue weighted by Crippen LogP contribution is 2.24. The lowest BCUT2D eigenvalue weighted by atomic mass is 9.98. The minimum atomic E-state index is -0.489. The Morgan fingerprint density at radius 3 is 2.68 bits per heavy atom. The van der Waals surface area contributed by atoms with Gasteiger partial charge in [0.25, 0.3) is 0 Å². The van der Waals surface area contributed by atoms with Crippen LogP contribution in [0, 0.1) is 0 Å². The van der Waals surface area contributed by atoms with Gasteiger partial charge in [0, 0.05) is 24.2 Å². The quantitative estimate of drug-likeness (QED) is 0.873. The van der Waals surface area contributed by atoms with Crippen LogP contribution < -0.4 is 0 Å². The smallest absolute Gasteiger partial charge is 0.0917 e. The molecule has 2 atom stereocenters. The van der Waals surface area contributed by atoms with Crippen molar-refractivity contribution in [1.82, 2.24) is 4.90 Å². The van der Waals surface area contributed by atoms with Gasteiger partial charge < -0.3 is 10.2 Å². The molecule has 1 aromatic rings. The Bertz CT molecular complexity index is 380. The third kappa shape index (κ3) is 4.18. The molecule has 19 heavy (non-hydrogen) atoms. The van der Waals surface area contributed by atoms with Crippen LogP contribution in [0.25, 0.3) is 0 Å². The zero-order valence-electron chi connectivity index (χ0n) is 11.1. The van der Waals surface area contributed by atoms with Crippen LogP contribution in [0.1, 0.15) is 37.4 Å². The second-order valence-corrected chi connectivity index (χ2v) is 5.66. The zero-order valence-corrected chi connectivity index (χ0v) is 11.9. The Morgan fingerprint density at radius 2 is 2.00 bits per heavy atom. The summed E-state index contributed by atoms with van der Waals surface area (Å²) in [7, 11) is 0. The van der Waals surface area contributed by atoms with Crippen molar-refractivity contribution in [2.75, 3.05) is 19.7 Å². The third-order valence-corrected chi connectivity index (χ3v) is 4.13. The molecule has 0 amide bonds. The molecular weight excluding hydrogens is 262 g/mol. The predicted molar refractivity (Wildman–Crippen MR) is 77.3 cm³/mol. The van der Waals surface area contributed by atoms with Crippen molar-refractivity contribution in [1.29, 1.82) is 0 Å². The van der Waals surface area contributed by atoms with E-state index in [2.05, 4.69) is 4.90 Å². The van der Waals surface area contributed by atoms with Crippen molar-refractivity contribution in [3.05, 3.63) is 34.9 Å². The number of aliphatic hydroxyl groups is 2. The van der Waals surface area contributed by atoms with Gasteiger partial charge in [-0.2, -0.15) is 0 Å². The standard InChI is InChI=1S/C15H22ClNO2/c16-13-6-4-12(5-7-13)15(19)11-17-9-2-1-3-14(17)8-10-18/h4-7,14-15,18-19H,1-3,8-11H2/t14-,15+/m1/s1. The molecule has 0 radical (unpaired) electrons. The number of piperidine rings is 1. The van der Waals surface area contributed by atoms with Gasteiger partial charge >= 0.3 is 0 Å². The minimum Gasteiger partial charge on any atom is -0.396 e. The number of hydrogen-bond donors (Lipinski definition) is 2. The second kappa shape index (κ2) is 7.25. The fourth-order valence-electron chi connectivity index (χ4n) is 2.79. The monoisotopic (exact) mass is 283 g/mol. The van der Waals surface area contributed by atoms with Crippen LogP contribution in [0.15, 0.2) is 24.3 Å². The Morgan fingerprint density at radius 1 is 1.26 bits per heavy atom. The van der Waals surface area contributed by atoms with E-state index in [1.54, 1.807) is 0 Å². The summed E-state index contributed by atoms with van der Waals surface area (Å²) in [6.45, 7) is 1.86. The number of rotatable bonds is 5. The molecule has 1 saturated heterocycles. The molecule has 1 fully saturated rings. The first-order valence-electron chi connectivity index (χ1n) is 6.99. The number of benzene rings is 1. The number of likely N-dealkylation sites (tertiary alicyclic amines) is 1. The molecule has 2 rings (SSSR count). The first-order valence-corrected chi connectivity index (χ1v) is 7.37. The van der Waals surface area contributed by atoms with Gasteiger partial charge in [0.15, 0.2) is 0 Å². The summed E-state index contributed by atoms with van der Waals surface area (Å²) >= 11 is 5.85. The van der Waals surface area contributed by atoms with E-state index in [1.807, 2.05) is 24.3 Å². The van der Waals surface area contributed by atoms with Gasteiger partial charge in [0.2, 0.25) is 0 Å². The zero-order chi connectivity index (χ0) is 13.7.